The number of fused-ring (bicyclic) bond motifs is 3. The monoisotopic (exact) mass is 494 g/mol. The lowest BCUT2D eigenvalue weighted by molar-refractivity contribution is -0.142. The molecule has 5 heterocycles. The van der Waals surface area contributed by atoms with Crippen molar-refractivity contribution in [1.82, 2.24) is 24.1 Å². The van der Waals surface area contributed by atoms with Gasteiger partial charge in [-0.2, -0.15) is 18.3 Å². The predicted molar refractivity (Wildman–Crippen MR) is 118 cm³/mol. The molecule has 3 aromatic heterocycles. The Kier molecular flexibility index (Phi) is 5.96. The van der Waals surface area contributed by atoms with E-state index >= 15 is 0 Å². The summed E-state index contributed by atoms with van der Waals surface area (Å²) < 4.78 is 69.8. The van der Waals surface area contributed by atoms with Crippen LogP contribution in [0.25, 0.3) is 23.1 Å². The Morgan fingerprint density at radius 2 is 1.89 bits per heavy atom. The van der Waals surface area contributed by atoms with Gasteiger partial charge in [-0.3, -0.25) is 14.0 Å². The van der Waals surface area contributed by atoms with Crippen molar-refractivity contribution in [2.75, 3.05) is 0 Å². The van der Waals surface area contributed by atoms with Crippen LogP contribution in [0.2, 0.25) is 0 Å². The highest BCUT2D eigenvalue weighted by molar-refractivity contribution is 5.91. The summed E-state index contributed by atoms with van der Waals surface area (Å²) in [5.41, 5.74) is -0.333. The molecule has 0 radical (unpaired) electrons. The van der Waals surface area contributed by atoms with Crippen LogP contribution in [0.15, 0.2) is 24.5 Å². The number of pyridine rings is 1. The van der Waals surface area contributed by atoms with Crippen LogP contribution in [0.3, 0.4) is 0 Å². The second kappa shape index (κ2) is 8.83. The molecule has 2 fully saturated rings. The molecule has 0 aliphatic carbocycles. The smallest absolute Gasteiger partial charge is 0.375 e. The van der Waals surface area contributed by atoms with E-state index in [2.05, 4.69) is 10.1 Å². The van der Waals surface area contributed by atoms with E-state index in [4.69, 9.17) is 5.41 Å². The van der Waals surface area contributed by atoms with E-state index in [0.29, 0.717) is 10.7 Å². The van der Waals surface area contributed by atoms with E-state index in [0.717, 1.165) is 48.9 Å². The first-order chi connectivity index (χ1) is 16.7. The van der Waals surface area contributed by atoms with Gasteiger partial charge in [-0.15, -0.1) is 0 Å². The first-order valence-electron chi connectivity index (χ1n) is 11.3. The zero-order valence-electron chi connectivity index (χ0n) is 18.5. The highest BCUT2D eigenvalue weighted by atomic mass is 19.4. The Bertz CT molecular complexity index is 1280. The van der Waals surface area contributed by atoms with Gasteiger partial charge in [0.25, 0.3) is 0 Å². The summed E-state index contributed by atoms with van der Waals surface area (Å²) in [6.45, 7) is -1.45. The lowest BCUT2D eigenvalue weighted by Crippen LogP contribution is -2.45. The number of aliphatic hydroxyl groups excluding tert-OH is 1. The highest BCUT2D eigenvalue weighted by Gasteiger charge is 2.39. The highest BCUT2D eigenvalue weighted by Crippen LogP contribution is 2.37. The maximum Gasteiger partial charge on any atom is 0.408 e. The zero-order valence-corrected chi connectivity index (χ0v) is 18.5. The molecule has 3 aromatic rings. The fourth-order valence-corrected chi connectivity index (χ4v) is 5.34. The molecular weight excluding hydrogens is 471 g/mol. The molecule has 3 atom stereocenters. The first kappa shape index (κ1) is 23.6. The Morgan fingerprint density at radius 1 is 1.17 bits per heavy atom. The Balaban J connectivity index is 1.58. The van der Waals surface area contributed by atoms with Gasteiger partial charge >= 0.3 is 6.18 Å². The summed E-state index contributed by atoms with van der Waals surface area (Å²) in [5.74, 6) is -1.85. The number of imidazole rings is 1. The molecule has 0 aromatic carbocycles. The second-order valence-electron chi connectivity index (χ2n) is 8.94. The molecule has 0 saturated carbocycles. The molecule has 5 rings (SSSR count). The van der Waals surface area contributed by atoms with Crippen LogP contribution in [-0.4, -0.2) is 59.9 Å². The van der Waals surface area contributed by atoms with Crippen molar-refractivity contribution in [3.8, 4) is 11.4 Å². The average Bonchev–Trinajstić information content (AvgIpc) is 3.42. The van der Waals surface area contributed by atoms with Crippen molar-refractivity contribution in [3.05, 3.63) is 47.4 Å². The zero-order chi connectivity index (χ0) is 24.9. The van der Waals surface area contributed by atoms with Gasteiger partial charge in [-0.25, -0.2) is 13.8 Å². The summed E-state index contributed by atoms with van der Waals surface area (Å²) in [7, 11) is 0. The van der Waals surface area contributed by atoms with Crippen molar-refractivity contribution in [1.29, 1.82) is 5.41 Å². The second-order valence-corrected chi connectivity index (χ2v) is 8.94. The summed E-state index contributed by atoms with van der Waals surface area (Å²) in [4.78, 5) is 5.89. The summed E-state index contributed by atoms with van der Waals surface area (Å²) in [6, 6.07) is 1.11. The van der Waals surface area contributed by atoms with Crippen LogP contribution in [-0.2, 0) is 6.54 Å². The third kappa shape index (κ3) is 4.36. The van der Waals surface area contributed by atoms with Crippen LogP contribution in [0.1, 0.15) is 43.4 Å². The molecule has 0 amide bonds. The quantitative estimate of drug-likeness (QED) is 0.394. The van der Waals surface area contributed by atoms with Crippen molar-refractivity contribution in [2.24, 2.45) is 0 Å². The van der Waals surface area contributed by atoms with Crippen LogP contribution in [0.5, 0.6) is 0 Å². The van der Waals surface area contributed by atoms with E-state index in [-0.39, 0.29) is 40.4 Å². The lowest BCUT2D eigenvalue weighted by Gasteiger charge is -2.37. The minimum atomic E-state index is -4.62. The van der Waals surface area contributed by atoms with Gasteiger partial charge in [-0.1, -0.05) is 6.42 Å². The average molecular weight is 494 g/mol. The number of nitrogens with zero attached hydrogens (tertiary/aromatic N) is 5. The molecule has 2 N–H and O–H groups in total. The molecule has 2 aliphatic rings. The molecule has 2 saturated heterocycles. The van der Waals surface area contributed by atoms with Crippen molar-refractivity contribution < 1.29 is 27.1 Å². The molecule has 0 spiro atoms. The van der Waals surface area contributed by atoms with Crippen molar-refractivity contribution >= 4 is 17.9 Å². The Hall–Kier alpha value is -3.12. The fraction of sp³-hybridized carbons (Fsp3) is 0.435. The van der Waals surface area contributed by atoms with Crippen molar-refractivity contribution in [2.45, 2.75) is 63.1 Å². The molecule has 3 unspecified atom stereocenters. The first-order valence-corrected chi connectivity index (χ1v) is 11.3. The van der Waals surface area contributed by atoms with Crippen LogP contribution in [0.4, 0.5) is 22.0 Å². The molecule has 2 aliphatic heterocycles. The Labute approximate surface area is 197 Å². The van der Waals surface area contributed by atoms with E-state index in [9.17, 15) is 27.1 Å². The van der Waals surface area contributed by atoms with Crippen LogP contribution in [0, 0.1) is 17.0 Å². The third-order valence-corrected chi connectivity index (χ3v) is 6.76. The molecule has 7 nitrogen and oxygen atoms in total. The van der Waals surface area contributed by atoms with Gasteiger partial charge in [0.05, 0.1) is 17.6 Å². The van der Waals surface area contributed by atoms with Gasteiger partial charge in [0, 0.05) is 36.1 Å². The molecular formula is C23H23F5N6O. The Morgan fingerprint density at radius 3 is 2.54 bits per heavy atom. The van der Waals surface area contributed by atoms with Gasteiger partial charge in [0.2, 0.25) is 0 Å². The minimum absolute atomic E-state index is 0.00536. The minimum Gasteiger partial charge on any atom is -0.375 e. The number of aliphatic hydroxyl groups is 1. The third-order valence-electron chi connectivity index (χ3n) is 6.76. The summed E-state index contributed by atoms with van der Waals surface area (Å²) in [5, 5.41) is 22.7. The van der Waals surface area contributed by atoms with Crippen LogP contribution < -0.4 is 0 Å². The normalized spacial score (nSPS) is 21.9. The number of piperidine rings is 1. The SMILES string of the molecule is N=Cc1c(-c2cnc3c(F)cc(F)cn23)nn(CC(F)(F)F)c1/C=C/C(O)N1C2CCCC1CC2. The maximum absolute atomic E-state index is 14.1. The number of aromatic nitrogens is 4. The number of nitrogens with one attached hydrogen (secondary N) is 1. The summed E-state index contributed by atoms with van der Waals surface area (Å²) in [6.07, 6.45) is 5.02. The standard InChI is InChI=1S/C23H23F5N6O/c24-13-8-17(25)22-30-10-19(32(22)11-13)21-16(9-29)18(33(31-21)12-23(26,27)28)6-7-20(35)34-14-2-1-3-15(34)5-4-14/h6-11,14-15,20,29,35H,1-5,12H2/b7-6+,29-9?. The number of halogens is 5. The van der Waals surface area contributed by atoms with E-state index in [1.165, 1.54) is 18.3 Å². The largest absolute Gasteiger partial charge is 0.408 e. The number of hydrogen-bond donors (Lipinski definition) is 2. The number of alkyl halides is 3. The number of rotatable bonds is 6. The molecule has 35 heavy (non-hydrogen) atoms. The van der Waals surface area contributed by atoms with Gasteiger partial charge in [-0.05, 0) is 37.8 Å². The topological polar surface area (TPSA) is 82.4 Å². The van der Waals surface area contributed by atoms with Gasteiger partial charge in [0.15, 0.2) is 11.5 Å². The maximum atomic E-state index is 14.1. The molecule has 2 bridgehead atoms. The van der Waals surface area contributed by atoms with E-state index < -0.39 is 30.6 Å². The van der Waals surface area contributed by atoms with Gasteiger partial charge < -0.3 is 10.5 Å². The van der Waals surface area contributed by atoms with E-state index in [1.54, 1.807) is 0 Å². The van der Waals surface area contributed by atoms with Gasteiger partial charge in [0.1, 0.15) is 24.3 Å². The van der Waals surface area contributed by atoms with Crippen molar-refractivity contribution in [3.63, 3.8) is 0 Å². The molecule has 12 heteroatoms. The fourth-order valence-electron chi connectivity index (χ4n) is 5.34. The van der Waals surface area contributed by atoms with E-state index in [1.807, 2.05) is 4.90 Å². The number of hydrogen-bond acceptors (Lipinski definition) is 5. The predicted octanol–water partition coefficient (Wildman–Crippen LogP) is 4.38. The molecule has 186 valence electrons. The summed E-state index contributed by atoms with van der Waals surface area (Å²) >= 11 is 0. The lowest BCUT2D eigenvalue weighted by atomic mass is 10.0. The van der Waals surface area contributed by atoms with Crippen LogP contribution >= 0.6 is 0 Å².